The minimum atomic E-state index is -2.69. The largest absolute Gasteiger partial charge is 0.386 e. The van der Waals surface area contributed by atoms with Crippen molar-refractivity contribution in [3.05, 3.63) is 34.9 Å². The molecule has 0 fully saturated rings. The molecule has 0 saturated heterocycles. The van der Waals surface area contributed by atoms with E-state index in [-0.39, 0.29) is 6.54 Å². The van der Waals surface area contributed by atoms with Crippen molar-refractivity contribution in [3.63, 3.8) is 0 Å². The van der Waals surface area contributed by atoms with Crippen molar-refractivity contribution in [1.82, 2.24) is 5.32 Å². The third kappa shape index (κ3) is 3.54. The first-order chi connectivity index (χ1) is 7.52. The van der Waals surface area contributed by atoms with Crippen molar-refractivity contribution in [2.45, 2.75) is 32.9 Å². The summed E-state index contributed by atoms with van der Waals surface area (Å²) in [6.07, 6.45) is -4.28. The van der Waals surface area contributed by atoms with E-state index in [0.29, 0.717) is 6.54 Å². The van der Waals surface area contributed by atoms with E-state index >= 15 is 0 Å². The number of benzene rings is 1. The fourth-order valence-electron chi connectivity index (χ4n) is 1.56. The molecule has 0 amide bonds. The van der Waals surface area contributed by atoms with Crippen LogP contribution in [0.4, 0.5) is 8.78 Å². The summed E-state index contributed by atoms with van der Waals surface area (Å²) < 4.78 is 24.0. The quantitative estimate of drug-likeness (QED) is 0.809. The van der Waals surface area contributed by atoms with Crippen molar-refractivity contribution >= 4 is 0 Å². The normalized spacial score (nSPS) is 13.1. The number of halogens is 2. The van der Waals surface area contributed by atoms with Crippen molar-refractivity contribution in [3.8, 4) is 0 Å². The molecule has 0 heterocycles. The number of alkyl halides is 2. The highest BCUT2D eigenvalue weighted by atomic mass is 19.3. The summed E-state index contributed by atoms with van der Waals surface area (Å²) in [6.45, 7) is 4.37. The molecule has 2 N–H and O–H groups in total. The summed E-state index contributed by atoms with van der Waals surface area (Å²) in [7, 11) is 0. The van der Waals surface area contributed by atoms with Gasteiger partial charge in [0.05, 0.1) is 0 Å². The molecular weight excluding hydrogens is 212 g/mol. The molecule has 0 saturated carbocycles. The average Bonchev–Trinajstić information content (AvgIpc) is 2.22. The molecule has 16 heavy (non-hydrogen) atoms. The number of aliphatic hydroxyl groups excluding tert-OH is 1. The van der Waals surface area contributed by atoms with Crippen LogP contribution in [0.2, 0.25) is 0 Å². The van der Waals surface area contributed by atoms with Crippen LogP contribution < -0.4 is 5.32 Å². The molecule has 0 aliphatic carbocycles. The molecule has 1 unspecified atom stereocenters. The number of aliphatic hydroxyl groups is 1. The summed E-state index contributed by atoms with van der Waals surface area (Å²) >= 11 is 0. The molecule has 90 valence electrons. The highest BCUT2D eigenvalue weighted by molar-refractivity contribution is 5.33. The van der Waals surface area contributed by atoms with E-state index in [2.05, 4.69) is 5.32 Å². The van der Waals surface area contributed by atoms with E-state index in [1.807, 2.05) is 32.0 Å². The monoisotopic (exact) mass is 229 g/mol. The second-order valence-electron chi connectivity index (χ2n) is 3.90. The highest BCUT2D eigenvalue weighted by Gasteiger charge is 2.15. The SMILES string of the molecule is Cc1cccc(C)c1CNCC(O)C(F)F. The maximum absolute atomic E-state index is 12.0. The summed E-state index contributed by atoms with van der Waals surface area (Å²) in [5, 5.41) is 11.8. The summed E-state index contributed by atoms with van der Waals surface area (Å²) in [5.74, 6) is 0. The Morgan fingerprint density at radius 3 is 2.31 bits per heavy atom. The lowest BCUT2D eigenvalue weighted by Gasteiger charge is -2.13. The van der Waals surface area contributed by atoms with Crippen LogP contribution in [-0.2, 0) is 6.54 Å². The Bertz CT molecular complexity index is 322. The van der Waals surface area contributed by atoms with Crippen LogP contribution in [0.5, 0.6) is 0 Å². The maximum Gasteiger partial charge on any atom is 0.265 e. The molecule has 4 heteroatoms. The van der Waals surface area contributed by atoms with Crippen LogP contribution in [0, 0.1) is 13.8 Å². The highest BCUT2D eigenvalue weighted by Crippen LogP contribution is 2.12. The van der Waals surface area contributed by atoms with Gasteiger partial charge < -0.3 is 10.4 Å². The second-order valence-corrected chi connectivity index (χ2v) is 3.90. The van der Waals surface area contributed by atoms with Crippen LogP contribution >= 0.6 is 0 Å². The average molecular weight is 229 g/mol. The number of aryl methyl sites for hydroxylation is 2. The fraction of sp³-hybridized carbons (Fsp3) is 0.500. The van der Waals surface area contributed by atoms with Gasteiger partial charge in [-0.3, -0.25) is 0 Å². The molecule has 2 nitrogen and oxygen atoms in total. The molecule has 0 aromatic heterocycles. The minimum Gasteiger partial charge on any atom is -0.386 e. The van der Waals surface area contributed by atoms with Gasteiger partial charge in [0.15, 0.2) is 0 Å². The van der Waals surface area contributed by atoms with E-state index in [4.69, 9.17) is 5.11 Å². The van der Waals surface area contributed by atoms with E-state index in [1.54, 1.807) is 0 Å². The van der Waals surface area contributed by atoms with Crippen molar-refractivity contribution in [2.75, 3.05) is 6.54 Å². The maximum atomic E-state index is 12.0. The molecule has 0 radical (unpaired) electrons. The summed E-state index contributed by atoms with van der Waals surface area (Å²) in [6, 6.07) is 5.92. The van der Waals surface area contributed by atoms with E-state index in [0.717, 1.165) is 16.7 Å². The molecule has 1 aromatic rings. The molecule has 0 spiro atoms. The van der Waals surface area contributed by atoms with Gasteiger partial charge in [-0.05, 0) is 30.5 Å². The van der Waals surface area contributed by atoms with Crippen LogP contribution in [0.15, 0.2) is 18.2 Å². The second kappa shape index (κ2) is 5.92. The third-order valence-electron chi connectivity index (χ3n) is 2.59. The van der Waals surface area contributed by atoms with Gasteiger partial charge >= 0.3 is 0 Å². The first-order valence-electron chi connectivity index (χ1n) is 5.24. The van der Waals surface area contributed by atoms with Crippen LogP contribution in [0.25, 0.3) is 0 Å². The third-order valence-corrected chi connectivity index (χ3v) is 2.59. The fourth-order valence-corrected chi connectivity index (χ4v) is 1.56. The summed E-state index contributed by atoms with van der Waals surface area (Å²) in [4.78, 5) is 0. The van der Waals surface area contributed by atoms with Gasteiger partial charge in [-0.1, -0.05) is 18.2 Å². The zero-order chi connectivity index (χ0) is 12.1. The molecule has 1 aromatic carbocycles. The molecule has 0 aliphatic rings. The van der Waals surface area contributed by atoms with Crippen molar-refractivity contribution in [1.29, 1.82) is 0 Å². The van der Waals surface area contributed by atoms with Gasteiger partial charge in [0.25, 0.3) is 6.43 Å². The van der Waals surface area contributed by atoms with Crippen molar-refractivity contribution in [2.24, 2.45) is 0 Å². The zero-order valence-electron chi connectivity index (χ0n) is 9.50. The Hall–Kier alpha value is -1.00. The lowest BCUT2D eigenvalue weighted by molar-refractivity contribution is -0.00341. The zero-order valence-corrected chi connectivity index (χ0v) is 9.50. The molecule has 1 rings (SSSR count). The van der Waals surface area contributed by atoms with Gasteiger partial charge in [-0.2, -0.15) is 0 Å². The Balaban J connectivity index is 2.49. The van der Waals surface area contributed by atoms with Crippen LogP contribution in [0.1, 0.15) is 16.7 Å². The molecule has 0 bridgehead atoms. The van der Waals surface area contributed by atoms with Crippen molar-refractivity contribution < 1.29 is 13.9 Å². The predicted molar refractivity (Wildman–Crippen MR) is 59.6 cm³/mol. The summed E-state index contributed by atoms with van der Waals surface area (Å²) in [5.41, 5.74) is 3.35. The first kappa shape index (κ1) is 13.1. The molecule has 1 atom stereocenters. The number of hydrogen-bond acceptors (Lipinski definition) is 2. The minimum absolute atomic E-state index is 0.0918. The van der Waals surface area contributed by atoms with Crippen LogP contribution in [-0.4, -0.2) is 24.2 Å². The Morgan fingerprint density at radius 1 is 1.25 bits per heavy atom. The smallest absolute Gasteiger partial charge is 0.265 e. The van der Waals surface area contributed by atoms with Gasteiger partial charge in [0, 0.05) is 13.1 Å². The van der Waals surface area contributed by atoms with E-state index < -0.39 is 12.5 Å². The Morgan fingerprint density at radius 2 is 1.81 bits per heavy atom. The lowest BCUT2D eigenvalue weighted by Crippen LogP contribution is -2.32. The van der Waals surface area contributed by atoms with E-state index in [1.165, 1.54) is 0 Å². The number of hydrogen-bond donors (Lipinski definition) is 2. The topological polar surface area (TPSA) is 32.3 Å². The molecular formula is C12H17F2NO. The van der Waals surface area contributed by atoms with Crippen LogP contribution in [0.3, 0.4) is 0 Å². The Kier molecular flexibility index (Phi) is 4.83. The number of nitrogens with one attached hydrogen (secondary N) is 1. The van der Waals surface area contributed by atoms with Gasteiger partial charge in [-0.25, -0.2) is 8.78 Å². The van der Waals surface area contributed by atoms with Gasteiger partial charge in [0.1, 0.15) is 6.10 Å². The van der Waals surface area contributed by atoms with E-state index in [9.17, 15) is 8.78 Å². The molecule has 0 aliphatic heterocycles. The first-order valence-corrected chi connectivity index (χ1v) is 5.24. The predicted octanol–water partition coefficient (Wildman–Crippen LogP) is 2.02. The Labute approximate surface area is 94.3 Å². The number of rotatable bonds is 5. The lowest BCUT2D eigenvalue weighted by atomic mass is 10.0. The van der Waals surface area contributed by atoms with Gasteiger partial charge in [0.2, 0.25) is 0 Å². The van der Waals surface area contributed by atoms with Gasteiger partial charge in [-0.15, -0.1) is 0 Å². The standard InChI is InChI=1S/C12H17F2NO/c1-8-4-3-5-9(2)10(8)6-15-7-11(16)12(13)14/h3-5,11-12,15-16H,6-7H2,1-2H3.